The van der Waals surface area contributed by atoms with Crippen molar-refractivity contribution in [1.82, 2.24) is 14.9 Å². The van der Waals surface area contributed by atoms with E-state index in [1.54, 1.807) is 32.2 Å². The van der Waals surface area contributed by atoms with Crippen molar-refractivity contribution in [3.05, 3.63) is 82.2 Å². The van der Waals surface area contributed by atoms with Crippen molar-refractivity contribution in [2.24, 2.45) is 0 Å². The molecule has 0 spiro atoms. The van der Waals surface area contributed by atoms with E-state index in [9.17, 15) is 18.0 Å². The Morgan fingerprint density at radius 3 is 2.43 bits per heavy atom. The van der Waals surface area contributed by atoms with Crippen LogP contribution >= 0.6 is 0 Å². The molecule has 3 rings (SSSR count). The van der Waals surface area contributed by atoms with Gasteiger partial charge in [-0.1, -0.05) is 6.07 Å². The Kier molecular flexibility index (Phi) is 5.13. The minimum absolute atomic E-state index is 0.150. The zero-order chi connectivity index (χ0) is 20.6. The fourth-order valence-corrected chi connectivity index (χ4v) is 2.93. The molecule has 28 heavy (non-hydrogen) atoms. The van der Waals surface area contributed by atoms with Gasteiger partial charge >= 0.3 is 0 Å². The van der Waals surface area contributed by atoms with E-state index in [2.05, 4.69) is 10.3 Å². The zero-order valence-corrected chi connectivity index (χ0v) is 15.6. The molecule has 0 aliphatic carbocycles. The van der Waals surface area contributed by atoms with E-state index in [0.29, 0.717) is 11.4 Å². The van der Waals surface area contributed by atoms with Crippen molar-refractivity contribution < 1.29 is 18.0 Å². The highest BCUT2D eigenvalue weighted by molar-refractivity contribution is 5.95. The molecular formula is C20H19F3N4O. The Morgan fingerprint density at radius 2 is 1.82 bits per heavy atom. The molecule has 1 unspecified atom stereocenters. The summed E-state index contributed by atoms with van der Waals surface area (Å²) in [5.41, 5.74) is 7.91. The highest BCUT2D eigenvalue weighted by Gasteiger charge is 2.27. The molecule has 0 saturated carbocycles. The quantitative estimate of drug-likeness (QED) is 0.528. The van der Waals surface area contributed by atoms with Crippen LogP contribution in [-0.2, 0) is 0 Å². The Hall–Kier alpha value is -3.29. The van der Waals surface area contributed by atoms with E-state index in [0.717, 1.165) is 11.6 Å². The molecule has 0 aliphatic heterocycles. The number of rotatable bonds is 4. The molecule has 3 aromatic rings. The summed E-state index contributed by atoms with van der Waals surface area (Å²) in [6.07, 6.45) is 1.81. The van der Waals surface area contributed by atoms with Gasteiger partial charge in [-0.15, -0.1) is 0 Å². The fraction of sp³-hybridized carbons (Fsp3) is 0.200. The van der Waals surface area contributed by atoms with Crippen molar-refractivity contribution in [2.45, 2.75) is 26.9 Å². The van der Waals surface area contributed by atoms with Crippen LogP contribution in [0.1, 0.15) is 38.9 Å². The standard InChI is InChI=1S/C20H19F3N4O/c1-10-4-5-13(7-15(10)24)20(28)26-19(27-8-12(3)25-9-27)16-11(2)6-14(21)17(22)18(16)23/h4-9,19H,24H2,1-3H3,(H,26,28). The Morgan fingerprint density at radius 1 is 1.11 bits per heavy atom. The molecule has 1 atom stereocenters. The summed E-state index contributed by atoms with van der Waals surface area (Å²) in [5.74, 6) is -4.81. The van der Waals surface area contributed by atoms with E-state index >= 15 is 0 Å². The van der Waals surface area contributed by atoms with Gasteiger partial charge in [-0.3, -0.25) is 4.79 Å². The minimum Gasteiger partial charge on any atom is -0.398 e. The molecule has 1 amide bonds. The van der Waals surface area contributed by atoms with E-state index in [1.165, 1.54) is 23.9 Å². The number of benzene rings is 2. The maximum atomic E-state index is 14.6. The van der Waals surface area contributed by atoms with Gasteiger partial charge in [0.15, 0.2) is 17.5 Å². The van der Waals surface area contributed by atoms with Crippen molar-refractivity contribution in [3.63, 3.8) is 0 Å². The first-order valence-electron chi connectivity index (χ1n) is 8.50. The van der Waals surface area contributed by atoms with Crippen LogP contribution in [0.15, 0.2) is 36.8 Å². The molecule has 0 saturated heterocycles. The molecular weight excluding hydrogens is 369 g/mol. The third kappa shape index (κ3) is 3.58. The number of nitrogen functional groups attached to an aromatic ring is 1. The fourth-order valence-electron chi connectivity index (χ4n) is 2.93. The van der Waals surface area contributed by atoms with Gasteiger partial charge in [-0.2, -0.15) is 0 Å². The average Bonchev–Trinajstić information content (AvgIpc) is 3.07. The largest absolute Gasteiger partial charge is 0.398 e. The van der Waals surface area contributed by atoms with Crippen molar-refractivity contribution >= 4 is 11.6 Å². The first-order chi connectivity index (χ1) is 13.2. The summed E-state index contributed by atoms with van der Waals surface area (Å²) in [7, 11) is 0. The van der Waals surface area contributed by atoms with E-state index in [4.69, 9.17) is 5.73 Å². The lowest BCUT2D eigenvalue weighted by Gasteiger charge is -2.23. The van der Waals surface area contributed by atoms with E-state index in [-0.39, 0.29) is 16.7 Å². The molecule has 146 valence electrons. The first-order valence-corrected chi connectivity index (χ1v) is 8.50. The predicted molar refractivity (Wildman–Crippen MR) is 99.2 cm³/mol. The normalized spacial score (nSPS) is 12.1. The van der Waals surface area contributed by atoms with Crippen LogP contribution < -0.4 is 11.1 Å². The number of nitrogens with two attached hydrogens (primary N) is 1. The number of hydrogen-bond acceptors (Lipinski definition) is 3. The Labute approximate surface area is 160 Å². The number of carbonyl (C=O) groups is 1. The number of imidazole rings is 1. The summed E-state index contributed by atoms with van der Waals surface area (Å²) >= 11 is 0. The van der Waals surface area contributed by atoms with Gasteiger partial charge in [-0.25, -0.2) is 18.2 Å². The Balaban J connectivity index is 2.08. The van der Waals surface area contributed by atoms with Crippen LogP contribution in [0.4, 0.5) is 18.9 Å². The first kappa shape index (κ1) is 19.5. The molecule has 1 heterocycles. The zero-order valence-electron chi connectivity index (χ0n) is 15.6. The van der Waals surface area contributed by atoms with Crippen molar-refractivity contribution in [3.8, 4) is 0 Å². The number of carbonyl (C=O) groups excluding carboxylic acids is 1. The second kappa shape index (κ2) is 7.38. The minimum atomic E-state index is -1.60. The molecule has 0 fully saturated rings. The molecule has 5 nitrogen and oxygen atoms in total. The average molecular weight is 388 g/mol. The summed E-state index contributed by atoms with van der Waals surface area (Å²) in [6.45, 7) is 4.95. The van der Waals surface area contributed by atoms with Crippen LogP contribution in [0.3, 0.4) is 0 Å². The summed E-state index contributed by atoms with van der Waals surface area (Å²) < 4.78 is 43.5. The van der Waals surface area contributed by atoms with E-state index in [1.807, 2.05) is 0 Å². The van der Waals surface area contributed by atoms with Crippen LogP contribution in [0.25, 0.3) is 0 Å². The maximum absolute atomic E-state index is 14.6. The number of nitrogens with zero attached hydrogens (tertiary/aromatic N) is 2. The van der Waals surface area contributed by atoms with Gasteiger partial charge in [0.2, 0.25) is 0 Å². The van der Waals surface area contributed by atoms with Crippen LogP contribution in [-0.4, -0.2) is 15.5 Å². The van der Waals surface area contributed by atoms with Crippen molar-refractivity contribution in [1.29, 1.82) is 0 Å². The maximum Gasteiger partial charge on any atom is 0.253 e. The topological polar surface area (TPSA) is 72.9 Å². The molecule has 2 aromatic carbocycles. The van der Waals surface area contributed by atoms with Gasteiger partial charge in [0, 0.05) is 23.0 Å². The van der Waals surface area contributed by atoms with Gasteiger partial charge in [0.1, 0.15) is 6.17 Å². The van der Waals surface area contributed by atoms with Gasteiger partial charge < -0.3 is 15.6 Å². The van der Waals surface area contributed by atoms with Crippen molar-refractivity contribution in [2.75, 3.05) is 5.73 Å². The van der Waals surface area contributed by atoms with E-state index < -0.39 is 29.5 Å². The lowest BCUT2D eigenvalue weighted by molar-refractivity contribution is 0.0929. The Bertz CT molecular complexity index is 1060. The molecule has 1 aromatic heterocycles. The second-order valence-electron chi connectivity index (χ2n) is 6.63. The number of anilines is 1. The third-order valence-corrected chi connectivity index (χ3v) is 4.52. The molecule has 0 aliphatic rings. The van der Waals surface area contributed by atoms with Crippen LogP contribution in [0, 0.1) is 38.2 Å². The SMILES string of the molecule is Cc1cn(C(NC(=O)c2ccc(C)c(N)c2)c2c(C)cc(F)c(F)c2F)cn1. The monoisotopic (exact) mass is 388 g/mol. The molecule has 0 radical (unpaired) electrons. The van der Waals surface area contributed by atoms with Gasteiger partial charge in [0.05, 0.1) is 12.0 Å². The summed E-state index contributed by atoms with van der Waals surface area (Å²) in [5, 5.41) is 2.65. The van der Waals surface area contributed by atoms with Crippen LogP contribution in [0.2, 0.25) is 0 Å². The van der Waals surface area contributed by atoms with Gasteiger partial charge in [-0.05, 0) is 50.1 Å². The summed E-state index contributed by atoms with van der Waals surface area (Å²) in [4.78, 5) is 16.8. The lowest BCUT2D eigenvalue weighted by Crippen LogP contribution is -2.34. The number of amides is 1. The third-order valence-electron chi connectivity index (χ3n) is 4.52. The highest BCUT2D eigenvalue weighted by Crippen LogP contribution is 2.27. The van der Waals surface area contributed by atoms with Gasteiger partial charge in [0.25, 0.3) is 5.91 Å². The van der Waals surface area contributed by atoms with Crippen LogP contribution in [0.5, 0.6) is 0 Å². The smallest absolute Gasteiger partial charge is 0.253 e. The molecule has 8 heteroatoms. The predicted octanol–water partition coefficient (Wildman–Crippen LogP) is 3.78. The number of aryl methyl sites for hydroxylation is 3. The number of nitrogens with one attached hydrogen (secondary N) is 1. The second-order valence-corrected chi connectivity index (χ2v) is 6.63. The molecule has 0 bridgehead atoms. The highest BCUT2D eigenvalue weighted by atomic mass is 19.2. The lowest BCUT2D eigenvalue weighted by atomic mass is 10.0. The molecule has 3 N–H and O–H groups in total. The number of aromatic nitrogens is 2. The summed E-state index contributed by atoms with van der Waals surface area (Å²) in [6, 6.07) is 5.64. The number of halogens is 3. The number of hydrogen-bond donors (Lipinski definition) is 2.